The maximum Gasteiger partial charge on any atom is 0.238 e. The molecule has 0 saturated carbocycles. The molecular weight excluding hydrogens is 827 g/mol. The van der Waals surface area contributed by atoms with Crippen molar-refractivity contribution in [3.63, 3.8) is 0 Å². The van der Waals surface area contributed by atoms with E-state index in [0.717, 1.165) is 60.7 Å². The maximum absolute atomic E-state index is 5.41. The molecule has 0 saturated heterocycles. The Balaban J connectivity index is 0.981. The van der Waals surface area contributed by atoms with Crippen LogP contribution in [-0.2, 0) is 0 Å². The summed E-state index contributed by atoms with van der Waals surface area (Å²) in [6.45, 7) is 0. The summed E-state index contributed by atoms with van der Waals surface area (Å²) in [7, 11) is 0. The standard InChI is InChI=1S/C63H39N5/c1-3-16-40(17-4-1)42-31-35-60-56(37-42)53-27-12-14-29-58(53)68(60)63-65-61(64-62(66-63)45-30-33-51-49-24-8-7-22-47(49)48-23-9-10-25-50(48)54(51)39-45)44-19-15-18-41(36-44)43-32-34-59-55(38-43)52-26-11-13-28-57(52)67(59)46-20-5-2-6-21-46/h1-39H. The van der Waals surface area contributed by atoms with Gasteiger partial charge in [-0.1, -0.05) is 176 Å². The molecule has 3 aromatic heterocycles. The lowest BCUT2D eigenvalue weighted by molar-refractivity contribution is 0.954. The Bertz CT molecular complexity index is 4280. The van der Waals surface area contributed by atoms with Gasteiger partial charge in [0.2, 0.25) is 5.95 Å². The predicted molar refractivity (Wildman–Crippen MR) is 283 cm³/mol. The van der Waals surface area contributed by atoms with Crippen LogP contribution in [0.15, 0.2) is 237 Å². The summed E-state index contributed by atoms with van der Waals surface area (Å²) in [6, 6.07) is 84.6. The van der Waals surface area contributed by atoms with E-state index >= 15 is 0 Å². The van der Waals surface area contributed by atoms with Crippen LogP contribution in [-0.4, -0.2) is 24.1 Å². The average molecular weight is 866 g/mol. The summed E-state index contributed by atoms with van der Waals surface area (Å²) in [5, 5.41) is 12.0. The van der Waals surface area contributed by atoms with Crippen molar-refractivity contribution >= 4 is 75.9 Å². The van der Waals surface area contributed by atoms with Crippen LogP contribution in [0.25, 0.3) is 133 Å². The van der Waals surface area contributed by atoms with Gasteiger partial charge in [-0.25, -0.2) is 4.98 Å². The van der Waals surface area contributed by atoms with Gasteiger partial charge in [-0.2, -0.15) is 9.97 Å². The van der Waals surface area contributed by atoms with Crippen molar-refractivity contribution in [1.82, 2.24) is 24.1 Å². The Morgan fingerprint density at radius 2 is 0.618 bits per heavy atom. The Morgan fingerprint density at radius 3 is 1.25 bits per heavy atom. The number of rotatable bonds is 6. The number of para-hydroxylation sites is 3. The lowest BCUT2D eigenvalue weighted by Crippen LogP contribution is -2.06. The zero-order valence-electron chi connectivity index (χ0n) is 36.8. The third-order valence-corrected chi connectivity index (χ3v) is 13.7. The van der Waals surface area contributed by atoms with E-state index in [2.05, 4.69) is 246 Å². The van der Waals surface area contributed by atoms with Gasteiger partial charge in [-0.15, -0.1) is 0 Å². The first kappa shape index (κ1) is 38.1. The molecule has 0 bridgehead atoms. The van der Waals surface area contributed by atoms with Crippen LogP contribution >= 0.6 is 0 Å². The van der Waals surface area contributed by atoms with E-state index < -0.39 is 0 Å². The molecule has 3 heterocycles. The summed E-state index contributed by atoms with van der Waals surface area (Å²) >= 11 is 0. The third-order valence-electron chi connectivity index (χ3n) is 13.7. The fraction of sp³-hybridized carbons (Fsp3) is 0. The number of hydrogen-bond donors (Lipinski definition) is 0. The highest BCUT2D eigenvalue weighted by Crippen LogP contribution is 2.40. The molecule has 5 heteroatoms. The largest absolute Gasteiger partial charge is 0.309 e. The van der Waals surface area contributed by atoms with Gasteiger partial charge >= 0.3 is 0 Å². The van der Waals surface area contributed by atoms with Crippen LogP contribution in [0.1, 0.15) is 0 Å². The Labute approximate surface area is 391 Å². The van der Waals surface area contributed by atoms with Crippen LogP contribution in [0.5, 0.6) is 0 Å². The lowest BCUT2D eigenvalue weighted by atomic mass is 9.93. The Hall–Kier alpha value is -9.19. The van der Waals surface area contributed by atoms with Gasteiger partial charge in [0.1, 0.15) is 0 Å². The van der Waals surface area contributed by atoms with E-state index in [9.17, 15) is 0 Å². The number of benzene rings is 11. The second-order valence-corrected chi connectivity index (χ2v) is 17.6. The van der Waals surface area contributed by atoms with Gasteiger partial charge in [0.05, 0.1) is 22.1 Å². The summed E-state index contributed by atoms with van der Waals surface area (Å²) in [5.74, 6) is 1.77. The second kappa shape index (κ2) is 15.2. The first-order chi connectivity index (χ1) is 33.7. The molecule has 14 rings (SSSR count). The quantitative estimate of drug-likeness (QED) is 0.156. The maximum atomic E-state index is 5.41. The normalized spacial score (nSPS) is 11.8. The summed E-state index contributed by atoms with van der Waals surface area (Å²) in [6.07, 6.45) is 0. The van der Waals surface area contributed by atoms with Gasteiger partial charge in [-0.3, -0.25) is 4.57 Å². The minimum atomic E-state index is 0.563. The van der Waals surface area contributed by atoms with Gasteiger partial charge in [0.15, 0.2) is 11.6 Å². The SMILES string of the molecule is c1ccc(-c2ccc3c(c2)c2ccccc2n3-c2nc(-c3cccc(-c4ccc5c(c4)c4ccccc4n5-c4ccccc4)c3)nc(-c3ccc4c5ccccc5c5ccccc5c4c3)n2)cc1. The first-order valence-corrected chi connectivity index (χ1v) is 23.1. The Morgan fingerprint density at radius 1 is 0.221 bits per heavy atom. The molecule has 0 N–H and O–H groups in total. The molecule has 14 aromatic rings. The summed E-state index contributed by atoms with van der Waals surface area (Å²) in [4.78, 5) is 16.2. The molecule has 0 amide bonds. The van der Waals surface area contributed by atoms with Crippen LogP contribution in [0.2, 0.25) is 0 Å². The number of fused-ring (bicyclic) bond motifs is 12. The molecule has 11 aromatic carbocycles. The topological polar surface area (TPSA) is 48.5 Å². The fourth-order valence-corrected chi connectivity index (χ4v) is 10.6. The zero-order chi connectivity index (χ0) is 44.7. The van der Waals surface area contributed by atoms with Crippen molar-refractivity contribution in [2.24, 2.45) is 0 Å². The molecule has 68 heavy (non-hydrogen) atoms. The van der Waals surface area contributed by atoms with E-state index in [4.69, 9.17) is 15.0 Å². The number of nitrogens with zero attached hydrogens (tertiary/aromatic N) is 5. The van der Waals surface area contributed by atoms with E-state index in [0.29, 0.717) is 17.6 Å². The van der Waals surface area contributed by atoms with Crippen LogP contribution in [0.3, 0.4) is 0 Å². The highest BCUT2D eigenvalue weighted by Gasteiger charge is 2.20. The van der Waals surface area contributed by atoms with Crippen molar-refractivity contribution in [3.8, 4) is 56.7 Å². The molecule has 0 unspecified atom stereocenters. The lowest BCUT2D eigenvalue weighted by Gasteiger charge is -2.14. The molecule has 5 nitrogen and oxygen atoms in total. The molecule has 0 aliphatic carbocycles. The highest BCUT2D eigenvalue weighted by atomic mass is 15.2. The van der Waals surface area contributed by atoms with Gasteiger partial charge in [-0.05, 0) is 115 Å². The monoisotopic (exact) mass is 865 g/mol. The molecule has 0 aliphatic heterocycles. The summed E-state index contributed by atoms with van der Waals surface area (Å²) < 4.78 is 4.56. The smallest absolute Gasteiger partial charge is 0.238 e. The molecule has 0 aliphatic rings. The molecule has 0 spiro atoms. The minimum Gasteiger partial charge on any atom is -0.309 e. The van der Waals surface area contributed by atoms with E-state index in [-0.39, 0.29) is 0 Å². The minimum absolute atomic E-state index is 0.563. The zero-order valence-corrected chi connectivity index (χ0v) is 36.8. The molecule has 0 atom stereocenters. The van der Waals surface area contributed by atoms with E-state index in [1.165, 1.54) is 54.3 Å². The molecule has 316 valence electrons. The van der Waals surface area contributed by atoms with Crippen molar-refractivity contribution in [2.45, 2.75) is 0 Å². The first-order valence-electron chi connectivity index (χ1n) is 23.1. The molecule has 0 fully saturated rings. The van der Waals surface area contributed by atoms with E-state index in [1.54, 1.807) is 0 Å². The van der Waals surface area contributed by atoms with Crippen molar-refractivity contribution in [3.05, 3.63) is 237 Å². The van der Waals surface area contributed by atoms with Gasteiger partial charge < -0.3 is 4.57 Å². The predicted octanol–water partition coefficient (Wildman–Crippen LogP) is 16.2. The van der Waals surface area contributed by atoms with Gasteiger partial charge in [0, 0.05) is 38.4 Å². The highest BCUT2D eigenvalue weighted by molar-refractivity contribution is 6.25. The van der Waals surface area contributed by atoms with Crippen LogP contribution < -0.4 is 0 Å². The number of hydrogen-bond acceptors (Lipinski definition) is 3. The van der Waals surface area contributed by atoms with Gasteiger partial charge in [0.25, 0.3) is 0 Å². The molecular formula is C63H39N5. The fourth-order valence-electron chi connectivity index (χ4n) is 10.6. The molecule has 0 radical (unpaired) electrons. The van der Waals surface area contributed by atoms with Crippen molar-refractivity contribution in [1.29, 1.82) is 0 Å². The van der Waals surface area contributed by atoms with Crippen LogP contribution in [0.4, 0.5) is 0 Å². The number of aromatic nitrogens is 5. The average Bonchev–Trinajstić information content (AvgIpc) is 3.93. The third kappa shape index (κ3) is 5.99. The Kier molecular flexibility index (Phi) is 8.52. The van der Waals surface area contributed by atoms with E-state index in [1.807, 2.05) is 0 Å². The van der Waals surface area contributed by atoms with Crippen LogP contribution in [0, 0.1) is 0 Å². The van der Waals surface area contributed by atoms with Crippen molar-refractivity contribution < 1.29 is 0 Å². The summed E-state index contributed by atoms with van der Waals surface area (Å²) in [5.41, 5.74) is 11.9. The second-order valence-electron chi connectivity index (χ2n) is 17.6. The van der Waals surface area contributed by atoms with Crippen molar-refractivity contribution in [2.75, 3.05) is 0 Å².